The maximum atomic E-state index is 12.9. The third-order valence-electron chi connectivity index (χ3n) is 5.58. The highest BCUT2D eigenvalue weighted by molar-refractivity contribution is 7.89. The number of methoxy groups -OCH3 is 1. The number of nitrogens with one attached hydrogen (secondary N) is 1. The van der Waals surface area contributed by atoms with Gasteiger partial charge in [-0.25, -0.2) is 8.42 Å². The molecule has 3 rings (SSSR count). The molecular weight excluding hydrogens is 400 g/mol. The van der Waals surface area contributed by atoms with E-state index in [9.17, 15) is 13.2 Å². The fraction of sp³-hybridized carbons (Fsp3) is 0.435. The second kappa shape index (κ2) is 10.1. The summed E-state index contributed by atoms with van der Waals surface area (Å²) in [5, 5.41) is 3.14. The molecule has 1 N–H and O–H groups in total. The number of sulfonamides is 1. The van der Waals surface area contributed by atoms with E-state index in [1.165, 1.54) is 31.3 Å². The van der Waals surface area contributed by atoms with E-state index in [0.29, 0.717) is 16.9 Å². The van der Waals surface area contributed by atoms with Gasteiger partial charge in [0.2, 0.25) is 10.0 Å². The zero-order chi connectivity index (χ0) is 21.6. The molecule has 1 aliphatic carbocycles. The van der Waals surface area contributed by atoms with E-state index in [0.717, 1.165) is 25.7 Å². The first-order valence-electron chi connectivity index (χ1n) is 10.4. The molecule has 0 unspecified atom stereocenters. The Hall–Kier alpha value is -2.38. The molecule has 2 aromatic rings. The van der Waals surface area contributed by atoms with Crippen molar-refractivity contribution in [2.24, 2.45) is 0 Å². The highest BCUT2D eigenvalue weighted by Crippen LogP contribution is 2.25. The molecule has 1 saturated carbocycles. The molecule has 1 amide bonds. The lowest BCUT2D eigenvalue weighted by molar-refractivity contribution is 0.0933. The molecule has 162 valence electrons. The van der Waals surface area contributed by atoms with Crippen LogP contribution in [0.3, 0.4) is 0 Å². The number of hydrogen-bond donors (Lipinski definition) is 1. The van der Waals surface area contributed by atoms with Gasteiger partial charge in [0, 0.05) is 30.8 Å². The number of amides is 1. The van der Waals surface area contributed by atoms with Crippen LogP contribution in [-0.4, -0.2) is 38.8 Å². The van der Waals surface area contributed by atoms with Gasteiger partial charge >= 0.3 is 0 Å². The number of rotatable bonds is 7. The Bertz CT molecular complexity index is 952. The molecule has 0 spiro atoms. The number of carbonyl (C=O) groups is 1. The van der Waals surface area contributed by atoms with Gasteiger partial charge in [-0.15, -0.1) is 0 Å². The monoisotopic (exact) mass is 430 g/mol. The van der Waals surface area contributed by atoms with E-state index < -0.39 is 10.0 Å². The Morgan fingerprint density at radius 3 is 2.37 bits per heavy atom. The molecule has 0 bridgehead atoms. The van der Waals surface area contributed by atoms with Crippen molar-refractivity contribution in [2.75, 3.05) is 14.2 Å². The van der Waals surface area contributed by atoms with Crippen LogP contribution in [0.4, 0.5) is 0 Å². The van der Waals surface area contributed by atoms with Gasteiger partial charge in [0.1, 0.15) is 5.75 Å². The molecule has 30 heavy (non-hydrogen) atoms. The summed E-state index contributed by atoms with van der Waals surface area (Å²) in [7, 11) is -0.579. The van der Waals surface area contributed by atoms with E-state index in [1.807, 2.05) is 0 Å². The summed E-state index contributed by atoms with van der Waals surface area (Å²) in [6.45, 7) is 0.102. The summed E-state index contributed by atoms with van der Waals surface area (Å²) < 4.78 is 32.4. The summed E-state index contributed by atoms with van der Waals surface area (Å²) >= 11 is 0. The minimum Gasteiger partial charge on any atom is -0.496 e. The van der Waals surface area contributed by atoms with Crippen molar-refractivity contribution in [2.45, 2.75) is 56.0 Å². The second-order valence-corrected chi connectivity index (χ2v) is 9.81. The van der Waals surface area contributed by atoms with Crippen molar-refractivity contribution in [3.05, 3.63) is 59.7 Å². The lowest BCUT2D eigenvalue weighted by Gasteiger charge is -2.20. The Labute approximate surface area is 179 Å². The molecule has 1 aliphatic rings. The number of ether oxygens (including phenoxy) is 1. The largest absolute Gasteiger partial charge is 0.496 e. The highest BCUT2D eigenvalue weighted by atomic mass is 32.2. The summed E-state index contributed by atoms with van der Waals surface area (Å²) in [5.41, 5.74) is 1.16. The molecule has 7 heteroatoms. The molecule has 0 aliphatic heterocycles. The summed E-state index contributed by atoms with van der Waals surface area (Å²) in [5.74, 6) is 0.426. The van der Waals surface area contributed by atoms with Gasteiger partial charge in [0.25, 0.3) is 5.91 Å². The Morgan fingerprint density at radius 2 is 1.73 bits per heavy atom. The Kier molecular flexibility index (Phi) is 7.50. The minimum atomic E-state index is -3.64. The van der Waals surface area contributed by atoms with E-state index in [1.54, 1.807) is 48.5 Å². The first-order chi connectivity index (χ1) is 14.4. The zero-order valence-corrected chi connectivity index (χ0v) is 18.5. The van der Waals surface area contributed by atoms with Crippen LogP contribution in [0.2, 0.25) is 0 Å². The van der Waals surface area contributed by atoms with Gasteiger partial charge in [-0.2, -0.15) is 4.31 Å². The van der Waals surface area contributed by atoms with Crippen molar-refractivity contribution in [1.29, 1.82) is 0 Å². The lowest BCUT2D eigenvalue weighted by Crippen LogP contribution is -2.34. The van der Waals surface area contributed by atoms with Gasteiger partial charge in [-0.05, 0) is 43.2 Å². The van der Waals surface area contributed by atoms with E-state index in [-0.39, 0.29) is 23.4 Å². The number of hydrogen-bond acceptors (Lipinski definition) is 4. The maximum absolute atomic E-state index is 12.9. The third-order valence-corrected chi connectivity index (χ3v) is 7.39. The van der Waals surface area contributed by atoms with Gasteiger partial charge in [0.05, 0.1) is 12.0 Å². The molecule has 0 heterocycles. The van der Waals surface area contributed by atoms with Crippen molar-refractivity contribution in [3.8, 4) is 5.75 Å². The predicted molar refractivity (Wildman–Crippen MR) is 117 cm³/mol. The predicted octanol–water partition coefficient (Wildman–Crippen LogP) is 3.97. The quantitative estimate of drug-likeness (QED) is 0.675. The molecule has 0 atom stereocenters. The second-order valence-electron chi connectivity index (χ2n) is 7.76. The SMILES string of the molecule is COc1ccc(C(=O)NC2CCCCCC2)cc1CN(C)S(=O)(=O)c1ccccc1. The maximum Gasteiger partial charge on any atom is 0.251 e. The first-order valence-corrected chi connectivity index (χ1v) is 11.8. The fourth-order valence-corrected chi connectivity index (χ4v) is 5.00. The first kappa shape index (κ1) is 22.3. The van der Waals surface area contributed by atoms with Crippen LogP contribution in [-0.2, 0) is 16.6 Å². The smallest absolute Gasteiger partial charge is 0.251 e. The van der Waals surface area contributed by atoms with Crippen LogP contribution in [0.5, 0.6) is 5.75 Å². The summed E-state index contributed by atoms with van der Waals surface area (Å²) in [6, 6.07) is 13.7. The average Bonchev–Trinajstić information content (AvgIpc) is 3.03. The van der Waals surface area contributed by atoms with Crippen molar-refractivity contribution in [3.63, 3.8) is 0 Å². The van der Waals surface area contributed by atoms with Gasteiger partial charge < -0.3 is 10.1 Å². The summed E-state index contributed by atoms with van der Waals surface area (Å²) in [6.07, 6.45) is 6.74. The zero-order valence-electron chi connectivity index (χ0n) is 17.6. The minimum absolute atomic E-state index is 0.102. The van der Waals surface area contributed by atoms with Gasteiger partial charge in [-0.3, -0.25) is 4.79 Å². The molecule has 6 nitrogen and oxygen atoms in total. The highest BCUT2D eigenvalue weighted by Gasteiger charge is 2.23. The average molecular weight is 431 g/mol. The van der Waals surface area contributed by atoms with E-state index >= 15 is 0 Å². The fourth-order valence-electron chi connectivity index (χ4n) is 3.83. The van der Waals surface area contributed by atoms with Crippen LogP contribution in [0.1, 0.15) is 54.4 Å². The molecule has 2 aromatic carbocycles. The molecule has 1 fully saturated rings. The van der Waals surface area contributed by atoms with Crippen molar-refractivity contribution in [1.82, 2.24) is 9.62 Å². The van der Waals surface area contributed by atoms with Crippen molar-refractivity contribution < 1.29 is 17.9 Å². The number of benzene rings is 2. The van der Waals surface area contributed by atoms with Gasteiger partial charge in [-0.1, -0.05) is 43.9 Å². The Balaban J connectivity index is 1.78. The summed E-state index contributed by atoms with van der Waals surface area (Å²) in [4.78, 5) is 13.0. The van der Waals surface area contributed by atoms with E-state index in [2.05, 4.69) is 5.32 Å². The molecule has 0 radical (unpaired) electrons. The van der Waals surface area contributed by atoms with Crippen LogP contribution in [0.15, 0.2) is 53.4 Å². The molecule has 0 aromatic heterocycles. The van der Waals surface area contributed by atoms with Crippen LogP contribution in [0, 0.1) is 0 Å². The third kappa shape index (κ3) is 5.40. The van der Waals surface area contributed by atoms with Crippen molar-refractivity contribution >= 4 is 15.9 Å². The lowest BCUT2D eigenvalue weighted by atomic mass is 10.1. The Morgan fingerprint density at radius 1 is 1.07 bits per heavy atom. The molecule has 0 saturated heterocycles. The van der Waals surface area contributed by atoms with Crippen LogP contribution >= 0.6 is 0 Å². The standard InChI is InChI=1S/C23H30N2O4S/c1-25(30(27,28)21-12-8-5-9-13-21)17-19-16-18(14-15-22(19)29-2)23(26)24-20-10-6-3-4-7-11-20/h5,8-9,12-16,20H,3-4,6-7,10-11,17H2,1-2H3,(H,24,26). The van der Waals surface area contributed by atoms with E-state index in [4.69, 9.17) is 4.74 Å². The van der Waals surface area contributed by atoms with Crippen LogP contribution < -0.4 is 10.1 Å². The van der Waals surface area contributed by atoms with Crippen LogP contribution in [0.25, 0.3) is 0 Å². The number of carbonyl (C=O) groups excluding carboxylic acids is 1. The van der Waals surface area contributed by atoms with Gasteiger partial charge in [0.15, 0.2) is 0 Å². The normalized spacial score (nSPS) is 15.6. The molecular formula is C23H30N2O4S. The topological polar surface area (TPSA) is 75.7 Å². The number of nitrogens with zero attached hydrogens (tertiary/aromatic N) is 1.